The van der Waals surface area contributed by atoms with Crippen molar-refractivity contribution in [2.45, 2.75) is 51.7 Å². The summed E-state index contributed by atoms with van der Waals surface area (Å²) in [5, 5.41) is 12.0. The fraction of sp³-hybridized carbons (Fsp3) is 0.324. The van der Waals surface area contributed by atoms with E-state index in [0.717, 1.165) is 35.3 Å². The van der Waals surface area contributed by atoms with E-state index in [1.807, 2.05) is 19.1 Å². The zero-order valence-corrected chi connectivity index (χ0v) is 25.9. The first-order valence-corrected chi connectivity index (χ1v) is 15.5. The van der Waals surface area contributed by atoms with E-state index >= 15 is 0 Å². The zero-order chi connectivity index (χ0) is 31.0. The lowest BCUT2D eigenvalue weighted by atomic mass is 9.94. The number of ether oxygens (including phenoxy) is 4. The first kappa shape index (κ1) is 29.5. The molecule has 4 aromatic rings. The Morgan fingerprint density at radius 1 is 1.05 bits per heavy atom. The van der Waals surface area contributed by atoms with Crippen molar-refractivity contribution in [1.82, 2.24) is 4.98 Å². The lowest BCUT2D eigenvalue weighted by molar-refractivity contribution is -0.132. The number of aliphatic hydroxyl groups is 1. The molecular formula is C34H34N2O7S. The second-order valence-corrected chi connectivity index (χ2v) is 11.9. The topological polar surface area (TPSA) is 107 Å². The van der Waals surface area contributed by atoms with Gasteiger partial charge in [-0.25, -0.2) is 4.98 Å². The number of carbonyl (C=O) groups excluding carboxylic acids is 2. The Balaban J connectivity index is 1.48. The number of fused-ring (bicyclic) bond motifs is 2. The van der Waals surface area contributed by atoms with Crippen molar-refractivity contribution < 1.29 is 33.6 Å². The summed E-state index contributed by atoms with van der Waals surface area (Å²) in [7, 11) is 3.13. The summed E-state index contributed by atoms with van der Waals surface area (Å²) in [6.45, 7) is 4.64. The van der Waals surface area contributed by atoms with Crippen LogP contribution in [0.15, 0.2) is 60.2 Å². The average Bonchev–Trinajstić information content (AvgIpc) is 3.70. The van der Waals surface area contributed by atoms with Crippen LogP contribution in [0.5, 0.6) is 23.0 Å². The molecule has 0 saturated carbocycles. The Hall–Kier alpha value is -4.57. The van der Waals surface area contributed by atoms with Gasteiger partial charge in [-0.05, 0) is 73.0 Å². The molecular weight excluding hydrogens is 580 g/mol. The number of aliphatic hydroxyl groups excluding tert-OH is 1. The van der Waals surface area contributed by atoms with Gasteiger partial charge in [-0.15, -0.1) is 0 Å². The Kier molecular flexibility index (Phi) is 8.18. The number of methoxy groups -OCH3 is 2. The van der Waals surface area contributed by atoms with E-state index in [9.17, 15) is 14.7 Å². The summed E-state index contributed by atoms with van der Waals surface area (Å²) >= 11 is 1.27. The average molecular weight is 615 g/mol. The molecule has 0 bridgehead atoms. The maximum absolute atomic E-state index is 13.8. The highest BCUT2D eigenvalue weighted by Crippen LogP contribution is 2.46. The van der Waals surface area contributed by atoms with E-state index < -0.39 is 17.7 Å². The maximum atomic E-state index is 13.8. The highest BCUT2D eigenvalue weighted by atomic mass is 32.1. The van der Waals surface area contributed by atoms with Gasteiger partial charge in [0.15, 0.2) is 16.6 Å². The molecule has 2 aliphatic rings. The Morgan fingerprint density at radius 3 is 2.66 bits per heavy atom. The lowest BCUT2D eigenvalue weighted by Gasteiger charge is -2.24. The van der Waals surface area contributed by atoms with Gasteiger partial charge in [-0.2, -0.15) is 0 Å². The second-order valence-electron chi connectivity index (χ2n) is 10.9. The molecule has 0 spiro atoms. The van der Waals surface area contributed by atoms with Crippen LogP contribution in [0.25, 0.3) is 16.0 Å². The standard InChI is InChI=1S/C34H34N2O7S/c1-5-6-7-14-42-26-13-8-20(17-27(26)41-4)30-29(31(37)21-9-12-25-22(16-21)15-19(2)43-25)32(38)33(39)36(30)34-35-24-11-10-23(40-3)18-28(24)44-34/h8-13,16-19,30,37H,5-7,14-15H2,1-4H3/b31-29+. The number of rotatable bonds is 10. The van der Waals surface area contributed by atoms with Gasteiger partial charge in [0.1, 0.15) is 23.4 Å². The summed E-state index contributed by atoms with van der Waals surface area (Å²) in [5.74, 6) is 0.579. The molecule has 9 nitrogen and oxygen atoms in total. The van der Waals surface area contributed by atoms with Crippen molar-refractivity contribution in [1.29, 1.82) is 0 Å². The second kappa shape index (κ2) is 12.2. The number of Topliss-reactive ketones (excluding diaryl/α,β-unsaturated/α-hetero) is 1. The largest absolute Gasteiger partial charge is 0.507 e. The summed E-state index contributed by atoms with van der Waals surface area (Å²) in [6, 6.07) is 15.1. The minimum absolute atomic E-state index is 0.0146. The first-order valence-electron chi connectivity index (χ1n) is 14.7. The molecule has 228 valence electrons. The van der Waals surface area contributed by atoms with Crippen LogP contribution in [-0.2, 0) is 16.0 Å². The van der Waals surface area contributed by atoms with Crippen molar-refractivity contribution in [3.05, 3.63) is 76.9 Å². The monoisotopic (exact) mass is 614 g/mol. The number of thiazole rings is 1. The van der Waals surface area contributed by atoms with E-state index in [2.05, 4.69) is 6.92 Å². The molecule has 2 aliphatic heterocycles. The molecule has 1 amide bonds. The number of carbonyl (C=O) groups is 2. The highest BCUT2D eigenvalue weighted by molar-refractivity contribution is 7.22. The van der Waals surface area contributed by atoms with Gasteiger partial charge in [0.05, 0.1) is 42.7 Å². The number of hydrogen-bond acceptors (Lipinski definition) is 9. The molecule has 1 N–H and O–H groups in total. The van der Waals surface area contributed by atoms with Gasteiger partial charge in [-0.3, -0.25) is 14.5 Å². The molecule has 0 aliphatic carbocycles. The van der Waals surface area contributed by atoms with Gasteiger partial charge >= 0.3 is 5.91 Å². The van der Waals surface area contributed by atoms with Crippen molar-refractivity contribution in [3.8, 4) is 23.0 Å². The smallest absolute Gasteiger partial charge is 0.301 e. The number of aromatic nitrogens is 1. The third-order valence-corrected chi connectivity index (χ3v) is 8.93. The number of amides is 1. The fourth-order valence-electron chi connectivity index (χ4n) is 5.70. The molecule has 3 heterocycles. The van der Waals surface area contributed by atoms with Crippen molar-refractivity contribution in [3.63, 3.8) is 0 Å². The molecule has 0 radical (unpaired) electrons. The van der Waals surface area contributed by atoms with Crippen LogP contribution in [0.2, 0.25) is 0 Å². The molecule has 6 rings (SSSR count). The third-order valence-electron chi connectivity index (χ3n) is 7.91. The lowest BCUT2D eigenvalue weighted by Crippen LogP contribution is -2.29. The van der Waals surface area contributed by atoms with Crippen LogP contribution < -0.4 is 23.8 Å². The van der Waals surface area contributed by atoms with Crippen LogP contribution in [0.4, 0.5) is 5.13 Å². The van der Waals surface area contributed by atoms with Crippen LogP contribution >= 0.6 is 11.3 Å². The summed E-state index contributed by atoms with van der Waals surface area (Å²) in [4.78, 5) is 33.6. The van der Waals surface area contributed by atoms with Crippen molar-refractivity contribution >= 4 is 44.1 Å². The normalized spacial score (nSPS) is 18.9. The summed E-state index contributed by atoms with van der Waals surface area (Å²) in [6.07, 6.45) is 3.74. The summed E-state index contributed by atoms with van der Waals surface area (Å²) in [5.41, 5.74) is 2.56. The van der Waals surface area contributed by atoms with Gasteiger partial charge in [0.2, 0.25) is 0 Å². The Labute approximate surface area is 259 Å². The third kappa shape index (κ3) is 5.34. The van der Waals surface area contributed by atoms with E-state index in [0.29, 0.717) is 52.1 Å². The van der Waals surface area contributed by atoms with Gasteiger partial charge in [0.25, 0.3) is 5.78 Å². The van der Waals surface area contributed by atoms with Crippen molar-refractivity contribution in [2.24, 2.45) is 0 Å². The number of nitrogens with zero attached hydrogens (tertiary/aromatic N) is 2. The van der Waals surface area contributed by atoms with E-state index in [1.54, 1.807) is 56.7 Å². The SMILES string of the molecule is CCCCCOc1ccc(C2/C(=C(\O)c3ccc4c(c3)CC(C)O4)C(=O)C(=O)N2c2nc3ccc(OC)cc3s2)cc1OC. The number of hydrogen-bond donors (Lipinski definition) is 1. The van der Waals surface area contributed by atoms with E-state index in [4.69, 9.17) is 23.9 Å². The minimum atomic E-state index is -0.969. The Bertz CT molecular complexity index is 1780. The van der Waals surface area contributed by atoms with Crippen LogP contribution in [0.3, 0.4) is 0 Å². The number of ketones is 1. The van der Waals surface area contributed by atoms with Crippen LogP contribution in [-0.4, -0.2) is 48.7 Å². The Morgan fingerprint density at radius 2 is 1.89 bits per heavy atom. The molecule has 3 aromatic carbocycles. The van der Waals surface area contributed by atoms with E-state index in [1.165, 1.54) is 16.2 Å². The number of unbranched alkanes of at least 4 members (excludes halogenated alkanes) is 2. The van der Waals surface area contributed by atoms with Crippen molar-refractivity contribution in [2.75, 3.05) is 25.7 Å². The van der Waals surface area contributed by atoms with Gasteiger partial charge < -0.3 is 24.1 Å². The number of benzene rings is 3. The first-order chi connectivity index (χ1) is 21.3. The molecule has 1 aromatic heterocycles. The predicted molar refractivity (Wildman–Crippen MR) is 169 cm³/mol. The summed E-state index contributed by atoms with van der Waals surface area (Å²) < 4.78 is 23.7. The molecule has 44 heavy (non-hydrogen) atoms. The van der Waals surface area contributed by atoms with Gasteiger partial charge in [-0.1, -0.05) is 37.2 Å². The fourth-order valence-corrected chi connectivity index (χ4v) is 6.72. The predicted octanol–water partition coefficient (Wildman–Crippen LogP) is 6.83. The number of anilines is 1. The van der Waals surface area contributed by atoms with Crippen LogP contribution in [0.1, 0.15) is 55.8 Å². The molecule has 1 saturated heterocycles. The minimum Gasteiger partial charge on any atom is -0.507 e. The van der Waals surface area contributed by atoms with E-state index in [-0.39, 0.29) is 17.4 Å². The molecule has 10 heteroatoms. The highest BCUT2D eigenvalue weighted by Gasteiger charge is 2.48. The molecule has 1 fully saturated rings. The molecule has 2 atom stereocenters. The maximum Gasteiger partial charge on any atom is 0.301 e. The molecule has 2 unspecified atom stereocenters. The zero-order valence-electron chi connectivity index (χ0n) is 25.1. The van der Waals surface area contributed by atoms with Gasteiger partial charge in [0, 0.05) is 12.0 Å². The van der Waals surface area contributed by atoms with Crippen LogP contribution in [0, 0.1) is 0 Å². The quantitative estimate of drug-likeness (QED) is 0.0896.